The van der Waals surface area contributed by atoms with Gasteiger partial charge in [-0.15, -0.1) is 0 Å². The van der Waals surface area contributed by atoms with E-state index >= 15 is 0 Å². The molecule has 0 spiro atoms. The second-order valence-corrected chi connectivity index (χ2v) is 6.31. The fourth-order valence-corrected chi connectivity index (χ4v) is 3.28. The second-order valence-electron chi connectivity index (χ2n) is 5.46. The molecule has 1 amide bonds. The van der Waals surface area contributed by atoms with Crippen LogP contribution in [0.4, 0.5) is 5.69 Å². The van der Waals surface area contributed by atoms with E-state index in [2.05, 4.69) is 26.2 Å². The number of amides is 1. The molecule has 2 atom stereocenters. The number of aliphatic carboxylic acids is 1. The van der Waals surface area contributed by atoms with Crippen LogP contribution in [0.2, 0.25) is 0 Å². The highest BCUT2D eigenvalue weighted by molar-refractivity contribution is 9.10. The standard InChI is InChI=1S/C17H15BrN2O3/c18-13-7-8-14(15-12(13)6-3-9-19-15)20-16(21)10-4-1-2-5-11(10)17(22)23/h1-3,6-11H,4-5H2,(H,20,21)(H,22,23)/p-1/t10-,11-/m0/s1. The summed E-state index contributed by atoms with van der Waals surface area (Å²) in [5.41, 5.74) is 1.23. The van der Waals surface area contributed by atoms with Gasteiger partial charge in [0.2, 0.25) is 5.91 Å². The van der Waals surface area contributed by atoms with Gasteiger partial charge in [0.15, 0.2) is 0 Å². The Kier molecular flexibility index (Phi) is 4.43. The number of anilines is 1. The first kappa shape index (κ1) is 15.7. The number of carbonyl (C=O) groups excluding carboxylic acids is 2. The summed E-state index contributed by atoms with van der Waals surface area (Å²) in [6, 6.07) is 7.30. The molecule has 3 rings (SSSR count). The average Bonchev–Trinajstić information content (AvgIpc) is 2.57. The Morgan fingerprint density at radius 2 is 1.91 bits per heavy atom. The van der Waals surface area contributed by atoms with Crippen molar-refractivity contribution in [2.45, 2.75) is 12.8 Å². The number of hydrogen-bond donors (Lipinski definition) is 1. The number of nitrogens with zero attached hydrogens (tertiary/aromatic N) is 1. The minimum Gasteiger partial charge on any atom is -0.550 e. The van der Waals surface area contributed by atoms with Crippen molar-refractivity contribution in [3.05, 3.63) is 47.1 Å². The van der Waals surface area contributed by atoms with E-state index in [-0.39, 0.29) is 5.91 Å². The minimum absolute atomic E-state index is 0.319. The molecule has 0 unspecified atom stereocenters. The Hall–Kier alpha value is -2.21. The molecule has 0 saturated carbocycles. The monoisotopic (exact) mass is 373 g/mol. The first-order valence-electron chi connectivity index (χ1n) is 7.28. The predicted octanol–water partition coefficient (Wildman–Crippen LogP) is 2.27. The zero-order valence-corrected chi connectivity index (χ0v) is 13.7. The molecule has 118 valence electrons. The van der Waals surface area contributed by atoms with Gasteiger partial charge in [-0.25, -0.2) is 0 Å². The van der Waals surface area contributed by atoms with E-state index in [1.807, 2.05) is 24.3 Å². The van der Waals surface area contributed by atoms with Gasteiger partial charge < -0.3 is 15.2 Å². The topological polar surface area (TPSA) is 82.1 Å². The van der Waals surface area contributed by atoms with Crippen LogP contribution in [0.1, 0.15) is 12.8 Å². The maximum absolute atomic E-state index is 12.5. The van der Waals surface area contributed by atoms with Crippen molar-refractivity contribution in [3.8, 4) is 0 Å². The van der Waals surface area contributed by atoms with E-state index in [0.717, 1.165) is 9.86 Å². The normalized spacial score (nSPS) is 20.4. The lowest BCUT2D eigenvalue weighted by Crippen LogP contribution is -2.41. The van der Waals surface area contributed by atoms with Crippen LogP contribution in [0.25, 0.3) is 10.9 Å². The number of fused-ring (bicyclic) bond motifs is 1. The van der Waals surface area contributed by atoms with Crippen LogP contribution in [-0.2, 0) is 9.59 Å². The number of benzene rings is 1. The minimum atomic E-state index is -1.19. The lowest BCUT2D eigenvalue weighted by molar-refractivity contribution is -0.313. The highest BCUT2D eigenvalue weighted by atomic mass is 79.9. The van der Waals surface area contributed by atoms with Crippen molar-refractivity contribution < 1.29 is 14.7 Å². The average molecular weight is 374 g/mol. The molecule has 0 saturated heterocycles. The van der Waals surface area contributed by atoms with Crippen molar-refractivity contribution >= 4 is 44.4 Å². The van der Waals surface area contributed by atoms with Crippen molar-refractivity contribution in [1.29, 1.82) is 0 Å². The number of carboxylic acid groups (broad SMARTS) is 1. The SMILES string of the molecule is O=C([O-])[C@H]1CC=CC[C@@H]1C(=O)Nc1ccc(Br)c2cccnc12. The zero-order valence-electron chi connectivity index (χ0n) is 12.2. The van der Waals surface area contributed by atoms with Gasteiger partial charge in [-0.05, 0) is 31.0 Å². The van der Waals surface area contributed by atoms with Crippen LogP contribution in [0.15, 0.2) is 47.1 Å². The Labute approximate surface area is 141 Å². The molecule has 0 bridgehead atoms. The zero-order chi connectivity index (χ0) is 16.4. The highest BCUT2D eigenvalue weighted by Gasteiger charge is 2.30. The summed E-state index contributed by atoms with van der Waals surface area (Å²) in [5.74, 6) is -2.94. The Morgan fingerprint density at radius 1 is 1.17 bits per heavy atom. The van der Waals surface area contributed by atoms with Crippen LogP contribution in [0.5, 0.6) is 0 Å². The fraction of sp³-hybridized carbons (Fsp3) is 0.235. The van der Waals surface area contributed by atoms with E-state index in [1.54, 1.807) is 18.3 Å². The van der Waals surface area contributed by atoms with Gasteiger partial charge in [0, 0.05) is 27.9 Å². The van der Waals surface area contributed by atoms with Crippen molar-refractivity contribution in [2.24, 2.45) is 11.8 Å². The molecule has 2 aromatic rings. The first-order chi connectivity index (χ1) is 11.1. The van der Waals surface area contributed by atoms with Gasteiger partial charge in [0.1, 0.15) is 0 Å². The summed E-state index contributed by atoms with van der Waals surface area (Å²) in [7, 11) is 0. The van der Waals surface area contributed by atoms with Gasteiger partial charge in [0.05, 0.1) is 17.1 Å². The lowest BCUT2D eigenvalue weighted by atomic mass is 9.82. The van der Waals surface area contributed by atoms with E-state index in [0.29, 0.717) is 24.0 Å². The smallest absolute Gasteiger partial charge is 0.228 e. The third-order valence-corrected chi connectivity index (χ3v) is 4.74. The molecule has 0 aliphatic heterocycles. The van der Waals surface area contributed by atoms with Gasteiger partial charge in [0.25, 0.3) is 0 Å². The number of carbonyl (C=O) groups is 2. The molecule has 0 radical (unpaired) electrons. The van der Waals surface area contributed by atoms with Crippen molar-refractivity contribution in [3.63, 3.8) is 0 Å². The molecule has 1 N–H and O–H groups in total. The molecule has 1 aliphatic carbocycles. The number of pyridine rings is 1. The van der Waals surface area contributed by atoms with Gasteiger partial charge >= 0.3 is 0 Å². The van der Waals surface area contributed by atoms with E-state index < -0.39 is 17.8 Å². The Bertz CT molecular complexity index is 804. The van der Waals surface area contributed by atoms with Crippen LogP contribution in [-0.4, -0.2) is 16.9 Å². The largest absolute Gasteiger partial charge is 0.550 e. The number of nitrogens with one attached hydrogen (secondary N) is 1. The van der Waals surface area contributed by atoms with Crippen LogP contribution >= 0.6 is 15.9 Å². The lowest BCUT2D eigenvalue weighted by Gasteiger charge is -2.28. The van der Waals surface area contributed by atoms with Gasteiger partial charge in [-0.2, -0.15) is 0 Å². The van der Waals surface area contributed by atoms with E-state index in [4.69, 9.17) is 0 Å². The Balaban J connectivity index is 1.90. The molecule has 1 aromatic heterocycles. The van der Waals surface area contributed by atoms with Crippen molar-refractivity contribution in [1.82, 2.24) is 4.98 Å². The second kappa shape index (κ2) is 6.50. The molecule has 5 nitrogen and oxygen atoms in total. The molecule has 1 aromatic carbocycles. The van der Waals surface area contributed by atoms with Gasteiger partial charge in [-0.3, -0.25) is 9.78 Å². The predicted molar refractivity (Wildman–Crippen MR) is 88.4 cm³/mol. The fourth-order valence-electron chi connectivity index (χ4n) is 2.83. The molecular weight excluding hydrogens is 360 g/mol. The molecule has 1 aliphatic rings. The first-order valence-corrected chi connectivity index (χ1v) is 8.07. The maximum atomic E-state index is 12.5. The van der Waals surface area contributed by atoms with E-state index in [9.17, 15) is 14.7 Å². The van der Waals surface area contributed by atoms with Crippen LogP contribution < -0.4 is 10.4 Å². The van der Waals surface area contributed by atoms with E-state index in [1.165, 1.54) is 0 Å². The number of carboxylic acids is 1. The summed E-state index contributed by atoms with van der Waals surface area (Å²) in [5, 5.41) is 14.9. The van der Waals surface area contributed by atoms with Crippen LogP contribution in [0, 0.1) is 11.8 Å². The third-order valence-electron chi connectivity index (χ3n) is 4.05. The molecule has 6 heteroatoms. The quantitative estimate of drug-likeness (QED) is 0.836. The third kappa shape index (κ3) is 3.12. The molecule has 1 heterocycles. The summed E-state index contributed by atoms with van der Waals surface area (Å²) >= 11 is 3.45. The highest BCUT2D eigenvalue weighted by Crippen LogP contribution is 2.31. The summed E-state index contributed by atoms with van der Waals surface area (Å²) < 4.78 is 0.881. The molecular formula is C17H14BrN2O3-. The Morgan fingerprint density at radius 3 is 2.65 bits per heavy atom. The molecule has 0 fully saturated rings. The van der Waals surface area contributed by atoms with Crippen molar-refractivity contribution in [2.75, 3.05) is 5.32 Å². The maximum Gasteiger partial charge on any atom is 0.228 e. The number of rotatable bonds is 3. The van der Waals surface area contributed by atoms with Gasteiger partial charge in [-0.1, -0.05) is 34.1 Å². The summed E-state index contributed by atoms with van der Waals surface area (Å²) in [6.07, 6.45) is 5.98. The van der Waals surface area contributed by atoms with Crippen LogP contribution in [0.3, 0.4) is 0 Å². The summed E-state index contributed by atoms with van der Waals surface area (Å²) in [6.45, 7) is 0. The number of halogens is 1. The number of hydrogen-bond acceptors (Lipinski definition) is 4. The molecule has 23 heavy (non-hydrogen) atoms. The number of allylic oxidation sites excluding steroid dienone is 2. The summed E-state index contributed by atoms with van der Waals surface area (Å²) in [4.78, 5) is 28.1. The number of aromatic nitrogens is 1.